The molecule has 0 unspecified atom stereocenters. The molecule has 0 spiro atoms. The summed E-state index contributed by atoms with van der Waals surface area (Å²) in [5.74, 6) is -1.39. The van der Waals surface area contributed by atoms with Crippen molar-refractivity contribution in [3.05, 3.63) is 70.8 Å². The van der Waals surface area contributed by atoms with E-state index < -0.39 is 17.8 Å². The van der Waals surface area contributed by atoms with Crippen molar-refractivity contribution in [2.24, 2.45) is 0 Å². The van der Waals surface area contributed by atoms with Crippen molar-refractivity contribution in [2.45, 2.75) is 6.92 Å². The summed E-state index contributed by atoms with van der Waals surface area (Å²) in [6.45, 7) is 1.96. The van der Waals surface area contributed by atoms with E-state index >= 15 is 0 Å². The van der Waals surface area contributed by atoms with E-state index in [4.69, 9.17) is 0 Å². The smallest absolute Gasteiger partial charge is 0.337 e. The number of carbonyl (C=O) groups excluding carboxylic acids is 3. The Morgan fingerprint density at radius 1 is 1.04 bits per heavy atom. The molecule has 3 rings (SSSR count). The predicted octanol–water partition coefficient (Wildman–Crippen LogP) is 2.24. The molecule has 1 saturated heterocycles. The van der Waals surface area contributed by atoms with Gasteiger partial charge in [-0.3, -0.25) is 15.0 Å². The third-order valence-corrected chi connectivity index (χ3v) is 3.83. The van der Waals surface area contributed by atoms with E-state index in [1.54, 1.807) is 18.2 Å². The molecule has 0 aromatic heterocycles. The minimum absolute atomic E-state index is 0.0564. The lowest BCUT2D eigenvalue weighted by Gasteiger charge is -2.14. The van der Waals surface area contributed by atoms with Crippen LogP contribution in [0.2, 0.25) is 0 Å². The fourth-order valence-electron chi connectivity index (χ4n) is 2.43. The van der Waals surface area contributed by atoms with Gasteiger partial charge in [-0.2, -0.15) is 0 Å². The number of methoxy groups -OCH3 is 1. The Hall–Kier alpha value is -3.41. The van der Waals surface area contributed by atoms with Gasteiger partial charge in [-0.1, -0.05) is 29.8 Å². The summed E-state index contributed by atoms with van der Waals surface area (Å²) in [5.41, 5.74) is 5.26. The Labute approximate surface area is 144 Å². The second kappa shape index (κ2) is 6.60. The number of esters is 1. The van der Waals surface area contributed by atoms with E-state index in [9.17, 15) is 14.4 Å². The molecule has 0 saturated carbocycles. The van der Waals surface area contributed by atoms with Crippen LogP contribution in [0.3, 0.4) is 0 Å². The third kappa shape index (κ3) is 3.28. The van der Waals surface area contributed by atoms with Crippen LogP contribution in [-0.4, -0.2) is 24.9 Å². The van der Waals surface area contributed by atoms with Gasteiger partial charge in [0.05, 0.1) is 18.4 Å². The van der Waals surface area contributed by atoms with Crippen molar-refractivity contribution >= 4 is 29.5 Å². The van der Waals surface area contributed by atoms with Crippen LogP contribution in [0.1, 0.15) is 21.5 Å². The lowest BCUT2D eigenvalue weighted by molar-refractivity contribution is -0.117. The lowest BCUT2D eigenvalue weighted by Crippen LogP contribution is -2.35. The number of ether oxygens (including phenoxy) is 1. The molecule has 2 aromatic carbocycles. The summed E-state index contributed by atoms with van der Waals surface area (Å²) in [5, 5.41) is 1.16. The highest BCUT2D eigenvalue weighted by molar-refractivity contribution is 6.31. The van der Waals surface area contributed by atoms with Crippen molar-refractivity contribution in [3.8, 4) is 0 Å². The quantitative estimate of drug-likeness (QED) is 0.530. The summed E-state index contributed by atoms with van der Waals surface area (Å²) in [6.07, 6.45) is 1.56. The van der Waals surface area contributed by atoms with E-state index in [1.807, 2.05) is 31.2 Å². The topological polar surface area (TPSA) is 75.7 Å². The largest absolute Gasteiger partial charge is 0.465 e. The van der Waals surface area contributed by atoms with Crippen molar-refractivity contribution in [2.75, 3.05) is 12.1 Å². The fourth-order valence-corrected chi connectivity index (χ4v) is 2.43. The fraction of sp³-hybridized carbons (Fsp3) is 0.105. The van der Waals surface area contributed by atoms with Gasteiger partial charge in [0.1, 0.15) is 5.57 Å². The number of rotatable bonds is 3. The third-order valence-electron chi connectivity index (χ3n) is 3.83. The molecule has 1 aliphatic rings. The number of hydrazine groups is 1. The molecule has 2 amide bonds. The molecular formula is C19H16N2O4. The van der Waals surface area contributed by atoms with Crippen LogP contribution in [0.25, 0.3) is 6.08 Å². The van der Waals surface area contributed by atoms with Crippen LogP contribution in [-0.2, 0) is 14.3 Å². The molecule has 1 fully saturated rings. The maximum Gasteiger partial charge on any atom is 0.337 e. The maximum absolute atomic E-state index is 12.5. The monoisotopic (exact) mass is 336 g/mol. The number of hydrogen-bond donors (Lipinski definition) is 1. The molecule has 25 heavy (non-hydrogen) atoms. The van der Waals surface area contributed by atoms with Crippen LogP contribution >= 0.6 is 0 Å². The molecule has 6 nitrogen and oxygen atoms in total. The number of benzene rings is 2. The number of anilines is 1. The Morgan fingerprint density at radius 2 is 1.68 bits per heavy atom. The number of aryl methyl sites for hydroxylation is 1. The normalized spacial score (nSPS) is 15.4. The number of nitrogens with one attached hydrogen (secondary N) is 1. The van der Waals surface area contributed by atoms with Crippen molar-refractivity contribution in [3.63, 3.8) is 0 Å². The summed E-state index contributed by atoms with van der Waals surface area (Å²) in [4.78, 5) is 36.2. The second-order valence-electron chi connectivity index (χ2n) is 5.59. The zero-order chi connectivity index (χ0) is 18.0. The summed E-state index contributed by atoms with van der Waals surface area (Å²) in [6, 6.07) is 13.7. The number of hydrogen-bond acceptors (Lipinski definition) is 4. The first-order valence-electron chi connectivity index (χ1n) is 7.62. The zero-order valence-corrected chi connectivity index (χ0v) is 13.8. The first-order valence-corrected chi connectivity index (χ1v) is 7.62. The van der Waals surface area contributed by atoms with Crippen molar-refractivity contribution in [1.82, 2.24) is 5.43 Å². The van der Waals surface area contributed by atoms with Crippen molar-refractivity contribution < 1.29 is 19.1 Å². The van der Waals surface area contributed by atoms with Gasteiger partial charge >= 0.3 is 5.97 Å². The molecule has 6 heteroatoms. The maximum atomic E-state index is 12.5. The first kappa shape index (κ1) is 16.4. The average molecular weight is 336 g/mol. The molecule has 0 atom stereocenters. The minimum Gasteiger partial charge on any atom is -0.465 e. The minimum atomic E-state index is -0.470. The first-order chi connectivity index (χ1) is 12.0. The van der Waals surface area contributed by atoms with E-state index in [0.717, 1.165) is 16.1 Å². The SMILES string of the molecule is COC(=O)c1ccc(N2NC(=O)/C(=C/c3ccc(C)cc3)C2=O)cc1. The van der Waals surface area contributed by atoms with Gasteiger partial charge in [0.15, 0.2) is 0 Å². The van der Waals surface area contributed by atoms with Gasteiger partial charge in [-0.15, -0.1) is 0 Å². The van der Waals surface area contributed by atoms with Gasteiger partial charge in [0.2, 0.25) is 0 Å². The molecule has 0 radical (unpaired) electrons. The summed E-state index contributed by atoms with van der Waals surface area (Å²) in [7, 11) is 1.29. The number of carbonyl (C=O) groups is 3. The molecule has 1 aliphatic heterocycles. The lowest BCUT2D eigenvalue weighted by atomic mass is 10.1. The Balaban J connectivity index is 1.86. The highest BCUT2D eigenvalue weighted by Gasteiger charge is 2.34. The highest BCUT2D eigenvalue weighted by Crippen LogP contribution is 2.22. The second-order valence-corrected chi connectivity index (χ2v) is 5.59. The summed E-state index contributed by atoms with van der Waals surface area (Å²) < 4.78 is 4.63. The molecule has 1 N–H and O–H groups in total. The van der Waals surface area contributed by atoms with Gasteiger partial charge in [-0.25, -0.2) is 9.80 Å². The van der Waals surface area contributed by atoms with Crippen LogP contribution in [0.5, 0.6) is 0 Å². The molecule has 0 aliphatic carbocycles. The molecule has 1 heterocycles. The van der Waals surface area contributed by atoms with Crippen LogP contribution in [0.15, 0.2) is 54.1 Å². The van der Waals surface area contributed by atoms with Crippen LogP contribution in [0, 0.1) is 6.92 Å². The Bertz CT molecular complexity index is 867. The molecule has 126 valence electrons. The summed E-state index contributed by atoms with van der Waals surface area (Å²) >= 11 is 0. The zero-order valence-electron chi connectivity index (χ0n) is 13.8. The Kier molecular flexibility index (Phi) is 4.35. The Morgan fingerprint density at radius 3 is 2.28 bits per heavy atom. The molecule has 0 bridgehead atoms. The number of amides is 2. The number of nitrogens with zero attached hydrogens (tertiary/aromatic N) is 1. The van der Waals surface area contributed by atoms with Gasteiger partial charge < -0.3 is 4.74 Å². The van der Waals surface area contributed by atoms with E-state index in [0.29, 0.717) is 11.3 Å². The van der Waals surface area contributed by atoms with E-state index in [-0.39, 0.29) is 5.57 Å². The van der Waals surface area contributed by atoms with Crippen molar-refractivity contribution in [1.29, 1.82) is 0 Å². The van der Waals surface area contributed by atoms with E-state index in [1.165, 1.54) is 19.2 Å². The van der Waals surface area contributed by atoms with E-state index in [2.05, 4.69) is 10.2 Å². The van der Waals surface area contributed by atoms with Gasteiger partial charge in [-0.05, 0) is 42.8 Å². The molecular weight excluding hydrogens is 320 g/mol. The molecule has 2 aromatic rings. The van der Waals surface area contributed by atoms with Gasteiger partial charge in [0.25, 0.3) is 11.8 Å². The predicted molar refractivity (Wildman–Crippen MR) is 92.6 cm³/mol. The highest BCUT2D eigenvalue weighted by atomic mass is 16.5. The average Bonchev–Trinajstić information content (AvgIpc) is 2.91. The van der Waals surface area contributed by atoms with Crippen LogP contribution in [0.4, 0.5) is 5.69 Å². The standard InChI is InChI=1S/C19H16N2O4/c1-12-3-5-13(6-4-12)11-16-17(22)20-21(18(16)23)15-9-7-14(8-10-15)19(24)25-2/h3-11H,1-2H3,(H,20,22)/b16-11-. The van der Waals surface area contributed by atoms with Gasteiger partial charge in [0, 0.05) is 0 Å². The van der Waals surface area contributed by atoms with Crippen LogP contribution < -0.4 is 10.4 Å².